The van der Waals surface area contributed by atoms with Crippen LogP contribution >= 0.6 is 46.4 Å². The minimum atomic E-state index is 0.0117. The van der Waals surface area contributed by atoms with Crippen LogP contribution < -0.4 is 10.6 Å². The Morgan fingerprint density at radius 2 is 1.90 bits per heavy atom. The van der Waals surface area contributed by atoms with Crippen LogP contribution in [0.4, 0.5) is 4.79 Å². The maximum Gasteiger partial charge on any atom is 0.290 e. The summed E-state index contributed by atoms with van der Waals surface area (Å²) in [6.07, 6.45) is 9.01. The molecule has 31 heavy (non-hydrogen) atoms. The first-order valence-electron chi connectivity index (χ1n) is 11.3. The van der Waals surface area contributed by atoms with Gasteiger partial charge in [0.15, 0.2) is 0 Å². The van der Waals surface area contributed by atoms with Gasteiger partial charge in [-0.05, 0) is 59.4 Å². The molecule has 0 radical (unpaired) electrons. The van der Waals surface area contributed by atoms with Crippen molar-refractivity contribution in [3.63, 3.8) is 0 Å². The van der Waals surface area contributed by atoms with Gasteiger partial charge in [0.1, 0.15) is 4.32 Å². The van der Waals surface area contributed by atoms with Crippen molar-refractivity contribution in [1.82, 2.24) is 10.6 Å². The van der Waals surface area contributed by atoms with Gasteiger partial charge in [-0.1, -0.05) is 83.8 Å². The zero-order chi connectivity index (χ0) is 22.9. The van der Waals surface area contributed by atoms with E-state index in [1.165, 1.54) is 40.9 Å². The van der Waals surface area contributed by atoms with Gasteiger partial charge in [-0.25, -0.2) is 0 Å². The summed E-state index contributed by atoms with van der Waals surface area (Å²) in [6, 6.07) is 10.5. The fourth-order valence-corrected chi connectivity index (χ4v) is 7.15. The van der Waals surface area contributed by atoms with E-state index < -0.39 is 0 Å². The van der Waals surface area contributed by atoms with Crippen molar-refractivity contribution in [1.29, 1.82) is 0 Å². The highest BCUT2D eigenvalue weighted by Crippen LogP contribution is 2.49. The van der Waals surface area contributed by atoms with E-state index in [0.29, 0.717) is 10.4 Å². The Morgan fingerprint density at radius 1 is 1.19 bits per heavy atom. The second-order valence-electron chi connectivity index (χ2n) is 9.86. The first-order chi connectivity index (χ1) is 14.6. The Kier molecular flexibility index (Phi) is 11.1. The van der Waals surface area contributed by atoms with Gasteiger partial charge in [0.25, 0.3) is 5.24 Å². The number of rotatable bonds is 10. The van der Waals surface area contributed by atoms with Crippen LogP contribution in [0, 0.1) is 10.8 Å². The van der Waals surface area contributed by atoms with Crippen molar-refractivity contribution in [3.8, 4) is 0 Å². The summed E-state index contributed by atoms with van der Waals surface area (Å²) < 4.78 is 0.559. The van der Waals surface area contributed by atoms with Crippen LogP contribution in [0.25, 0.3) is 0 Å². The number of carbonyl (C=O) groups excluding carboxylic acids is 1. The van der Waals surface area contributed by atoms with E-state index in [9.17, 15) is 4.79 Å². The van der Waals surface area contributed by atoms with Gasteiger partial charge >= 0.3 is 0 Å². The van der Waals surface area contributed by atoms with E-state index in [2.05, 4.69) is 51.0 Å². The van der Waals surface area contributed by atoms with Crippen molar-refractivity contribution in [2.75, 3.05) is 0 Å². The lowest BCUT2D eigenvalue weighted by atomic mass is 9.59. The van der Waals surface area contributed by atoms with Crippen LogP contribution in [0.15, 0.2) is 35.2 Å². The Bertz CT molecular complexity index is 713. The third-order valence-electron chi connectivity index (χ3n) is 6.16. The summed E-state index contributed by atoms with van der Waals surface area (Å²) in [5, 5.41) is 6.86. The maximum atomic E-state index is 12.9. The molecule has 0 aliphatic heterocycles. The van der Waals surface area contributed by atoms with Gasteiger partial charge in [0, 0.05) is 27.8 Å². The molecule has 3 atom stereocenters. The van der Waals surface area contributed by atoms with E-state index >= 15 is 0 Å². The van der Waals surface area contributed by atoms with Crippen LogP contribution in [-0.4, -0.2) is 21.6 Å². The summed E-state index contributed by atoms with van der Waals surface area (Å²) in [5.41, 5.74) is 0.194. The van der Waals surface area contributed by atoms with Gasteiger partial charge in [0.05, 0.1) is 0 Å². The number of carbonyl (C=O) groups is 1. The molecule has 0 heterocycles. The highest BCUT2D eigenvalue weighted by molar-refractivity contribution is 8.82. The average Bonchev–Trinajstić information content (AvgIpc) is 2.67. The number of hydrogen-bond acceptors (Lipinski definition) is 4. The van der Waals surface area contributed by atoms with E-state index in [0.717, 1.165) is 37.0 Å². The first-order valence-corrected chi connectivity index (χ1v) is 14.3. The number of nitrogens with one attached hydrogen (secondary N) is 2. The van der Waals surface area contributed by atoms with Crippen LogP contribution in [0.3, 0.4) is 0 Å². The predicted molar refractivity (Wildman–Crippen MR) is 145 cm³/mol. The summed E-state index contributed by atoms with van der Waals surface area (Å²) >= 11 is 9.54. The summed E-state index contributed by atoms with van der Waals surface area (Å²) in [4.78, 5) is 14.0. The lowest BCUT2D eigenvalue weighted by molar-refractivity contribution is 0.0445. The van der Waals surface area contributed by atoms with Crippen molar-refractivity contribution < 1.29 is 4.79 Å². The molecule has 0 spiro atoms. The zero-order valence-corrected chi connectivity index (χ0v) is 22.6. The first kappa shape index (κ1) is 26.9. The molecule has 1 saturated carbocycles. The standard InChI is InChI=1S/C24H38N2OS4/c1-5-6-7-11-14-20(26-21(27)31-30-19-12-9-8-10-13-19)24(4)16-18(25-22(28)29)15-23(2,3)17-24/h8-10,12-13,18,20H,5-7,11,14-17H2,1-4H3,(H,26,27)(H2,25,28,29). The fourth-order valence-electron chi connectivity index (χ4n) is 5.18. The van der Waals surface area contributed by atoms with Gasteiger partial charge in [-0.15, -0.1) is 12.6 Å². The van der Waals surface area contributed by atoms with E-state index in [1.807, 2.05) is 30.3 Å². The largest absolute Gasteiger partial charge is 0.368 e. The topological polar surface area (TPSA) is 41.1 Å². The maximum absolute atomic E-state index is 12.9. The SMILES string of the molecule is CCCCCCC(NC(=O)SSc1ccccc1)C1(C)CC(NC(=S)S)CC(C)(C)C1. The van der Waals surface area contributed by atoms with Crippen LogP contribution in [0.1, 0.15) is 79.1 Å². The predicted octanol–water partition coefficient (Wildman–Crippen LogP) is 7.86. The molecule has 1 amide bonds. The number of thiocarbonyl (C=S) groups is 1. The second kappa shape index (κ2) is 12.8. The second-order valence-corrected chi connectivity index (χ2v) is 13.2. The third kappa shape index (κ3) is 9.56. The van der Waals surface area contributed by atoms with Crippen LogP contribution in [0.5, 0.6) is 0 Å². The molecule has 1 aromatic rings. The molecule has 0 saturated heterocycles. The van der Waals surface area contributed by atoms with Gasteiger partial charge in [-0.3, -0.25) is 4.79 Å². The highest BCUT2D eigenvalue weighted by Gasteiger charge is 2.46. The molecule has 1 aliphatic rings. The van der Waals surface area contributed by atoms with Gasteiger partial charge in [0.2, 0.25) is 0 Å². The van der Waals surface area contributed by atoms with E-state index in [-0.39, 0.29) is 22.1 Å². The molecule has 2 N–H and O–H groups in total. The van der Waals surface area contributed by atoms with E-state index in [4.69, 9.17) is 12.2 Å². The molecule has 1 aromatic carbocycles. The molecule has 7 heteroatoms. The fraction of sp³-hybridized carbons (Fsp3) is 0.667. The minimum absolute atomic E-state index is 0.0117. The molecular formula is C24H38N2OS4. The molecule has 2 rings (SSSR count). The highest BCUT2D eigenvalue weighted by atomic mass is 33.1. The normalized spacial score (nSPS) is 23.7. The average molecular weight is 499 g/mol. The molecule has 3 unspecified atom stereocenters. The minimum Gasteiger partial charge on any atom is -0.368 e. The van der Waals surface area contributed by atoms with Gasteiger partial charge in [-0.2, -0.15) is 0 Å². The lowest BCUT2D eigenvalue weighted by Crippen LogP contribution is -2.54. The Hall–Kier alpha value is -0.370. The quantitative estimate of drug-likeness (QED) is 0.133. The molecular weight excluding hydrogens is 461 g/mol. The van der Waals surface area contributed by atoms with Gasteiger partial charge < -0.3 is 10.6 Å². The Balaban J connectivity index is 2.10. The summed E-state index contributed by atoms with van der Waals surface area (Å²) in [6.45, 7) is 9.25. The molecule has 0 bridgehead atoms. The number of amides is 1. The van der Waals surface area contributed by atoms with Crippen LogP contribution in [-0.2, 0) is 0 Å². The van der Waals surface area contributed by atoms with Crippen molar-refractivity contribution in [2.24, 2.45) is 10.8 Å². The smallest absolute Gasteiger partial charge is 0.290 e. The molecule has 0 aromatic heterocycles. The van der Waals surface area contributed by atoms with Crippen LogP contribution in [0.2, 0.25) is 0 Å². The summed E-state index contributed by atoms with van der Waals surface area (Å²) in [5.74, 6) is 0. The number of hydrogen-bond donors (Lipinski definition) is 3. The zero-order valence-electron chi connectivity index (χ0n) is 19.3. The van der Waals surface area contributed by atoms with Crippen molar-refractivity contribution in [2.45, 2.75) is 96.0 Å². The molecule has 174 valence electrons. The summed E-state index contributed by atoms with van der Waals surface area (Å²) in [7, 11) is 2.82. The van der Waals surface area contributed by atoms with E-state index in [1.54, 1.807) is 0 Å². The number of unbranched alkanes of at least 4 members (excludes halogenated alkanes) is 3. The Morgan fingerprint density at radius 3 is 2.55 bits per heavy atom. The number of thiol groups is 1. The Labute approximate surface area is 207 Å². The molecule has 1 aliphatic carbocycles. The third-order valence-corrected chi connectivity index (χ3v) is 8.50. The van der Waals surface area contributed by atoms with Crippen molar-refractivity contribution in [3.05, 3.63) is 30.3 Å². The number of benzene rings is 1. The molecule has 1 fully saturated rings. The lowest BCUT2D eigenvalue weighted by Gasteiger charge is -2.50. The molecule has 3 nitrogen and oxygen atoms in total. The monoisotopic (exact) mass is 498 g/mol. The van der Waals surface area contributed by atoms with Crippen molar-refractivity contribution >= 4 is 56.0 Å².